The molecule has 0 heterocycles. The van der Waals surface area contributed by atoms with Gasteiger partial charge in [0.25, 0.3) is 0 Å². The first-order valence-corrected chi connectivity index (χ1v) is 3.34. The van der Waals surface area contributed by atoms with E-state index in [1.807, 2.05) is 0 Å². The predicted octanol–water partition coefficient (Wildman–Crippen LogP) is 3.72. The summed E-state index contributed by atoms with van der Waals surface area (Å²) in [5.41, 5.74) is 0. The highest BCUT2D eigenvalue weighted by atomic mass is 35.5. The lowest BCUT2D eigenvalue weighted by atomic mass is 10.6. The van der Waals surface area contributed by atoms with Gasteiger partial charge in [-0.2, -0.15) is 26.3 Å². The Morgan fingerprint density at radius 3 is 1.86 bits per heavy atom. The molecule has 0 aliphatic heterocycles. The Hall–Kier alpha value is -0.850. The van der Waals surface area contributed by atoms with Crippen LogP contribution in [0.25, 0.3) is 0 Å². The number of hydrogen-bond acceptors (Lipinski definition) is 1. The van der Waals surface area contributed by atoms with E-state index in [1.54, 1.807) is 0 Å². The molecule has 0 aromatic rings. The quantitative estimate of drug-likeness (QED) is 0.528. The predicted molar refractivity (Wildman–Crippen MR) is 36.3 cm³/mol. The summed E-state index contributed by atoms with van der Waals surface area (Å²) < 4.78 is 72.4. The van der Waals surface area contributed by atoms with Gasteiger partial charge in [-0.3, -0.25) is 0 Å². The minimum absolute atomic E-state index is 0.0184. The molecule has 0 saturated heterocycles. The fraction of sp³-hybridized carbons (Fsp3) is 0.333. The second kappa shape index (κ2) is 4.59. The largest absolute Gasteiger partial charge is 0.453 e. The number of allylic oxidation sites excluding steroid dienone is 2. The van der Waals surface area contributed by atoms with Crippen molar-refractivity contribution in [3.63, 3.8) is 0 Å². The molecular formula is C6H3ClF6O. The van der Waals surface area contributed by atoms with E-state index in [0.29, 0.717) is 0 Å². The van der Waals surface area contributed by atoms with E-state index in [4.69, 9.17) is 11.6 Å². The molecule has 0 unspecified atom stereocenters. The summed E-state index contributed by atoms with van der Waals surface area (Å²) in [5.74, 6) is 0. The molecule has 0 radical (unpaired) electrons. The van der Waals surface area contributed by atoms with Crippen LogP contribution in [0.2, 0.25) is 0 Å². The number of rotatable bonds is 2. The van der Waals surface area contributed by atoms with Crippen LogP contribution in [-0.4, -0.2) is 12.4 Å². The molecular weight excluding hydrogens is 238 g/mol. The van der Waals surface area contributed by atoms with Crippen molar-refractivity contribution in [1.82, 2.24) is 0 Å². The van der Waals surface area contributed by atoms with Gasteiger partial charge < -0.3 is 4.74 Å². The van der Waals surface area contributed by atoms with Gasteiger partial charge in [0.15, 0.2) is 5.22 Å². The van der Waals surface area contributed by atoms with Crippen LogP contribution in [0.5, 0.6) is 0 Å². The Morgan fingerprint density at radius 1 is 1.00 bits per heavy atom. The third kappa shape index (κ3) is 9.24. The standard InChI is InChI=1S/C6H3ClF6O/c7-4(3-6(11,12)13)14-2-1-5(8,9)10/h1-3H/b2-1+,4-3+. The second-order valence-corrected chi connectivity index (χ2v) is 2.32. The van der Waals surface area contributed by atoms with Crippen LogP contribution >= 0.6 is 11.6 Å². The van der Waals surface area contributed by atoms with Crippen LogP contribution in [0.15, 0.2) is 23.6 Å². The van der Waals surface area contributed by atoms with Crippen molar-refractivity contribution in [3.05, 3.63) is 23.6 Å². The molecule has 0 amide bonds. The lowest BCUT2D eigenvalue weighted by molar-refractivity contribution is -0.0822. The maximum Gasteiger partial charge on any atom is 0.414 e. The highest BCUT2D eigenvalue weighted by Crippen LogP contribution is 2.22. The summed E-state index contributed by atoms with van der Waals surface area (Å²) in [5, 5.41) is -1.20. The highest BCUT2D eigenvalue weighted by Gasteiger charge is 2.25. The zero-order chi connectivity index (χ0) is 11.4. The van der Waals surface area contributed by atoms with Gasteiger partial charge >= 0.3 is 12.4 Å². The van der Waals surface area contributed by atoms with Crippen molar-refractivity contribution in [3.8, 4) is 0 Å². The van der Waals surface area contributed by atoms with Gasteiger partial charge in [0.1, 0.15) is 0 Å². The average Bonchev–Trinajstić information content (AvgIpc) is 1.78. The number of alkyl halides is 6. The number of halogens is 7. The molecule has 0 aromatic carbocycles. The summed E-state index contributed by atoms with van der Waals surface area (Å²) in [4.78, 5) is 0. The van der Waals surface area contributed by atoms with Gasteiger partial charge in [0.2, 0.25) is 0 Å². The normalized spacial score (nSPS) is 14.9. The van der Waals surface area contributed by atoms with Gasteiger partial charge in [-0.1, -0.05) is 0 Å². The molecule has 8 heteroatoms. The minimum atomic E-state index is -4.73. The van der Waals surface area contributed by atoms with Crippen molar-refractivity contribution in [2.45, 2.75) is 12.4 Å². The molecule has 82 valence electrons. The molecule has 0 aliphatic rings. The Labute approximate surface area is 79.6 Å². The monoisotopic (exact) mass is 240 g/mol. The molecule has 0 N–H and O–H groups in total. The maximum atomic E-state index is 11.5. The van der Waals surface area contributed by atoms with Crippen molar-refractivity contribution < 1.29 is 31.1 Å². The number of ether oxygens (including phenoxy) is 1. The smallest absolute Gasteiger partial charge is 0.414 e. The average molecular weight is 241 g/mol. The summed E-state index contributed by atoms with van der Waals surface area (Å²) >= 11 is 4.79. The van der Waals surface area contributed by atoms with Gasteiger partial charge in [-0.25, -0.2) is 0 Å². The third-order valence-electron chi connectivity index (χ3n) is 0.715. The minimum Gasteiger partial charge on any atom is -0.453 e. The van der Waals surface area contributed by atoms with E-state index in [-0.39, 0.29) is 12.3 Å². The van der Waals surface area contributed by atoms with Crippen LogP contribution in [-0.2, 0) is 4.74 Å². The molecule has 14 heavy (non-hydrogen) atoms. The van der Waals surface area contributed by atoms with E-state index in [1.165, 1.54) is 0 Å². The van der Waals surface area contributed by atoms with E-state index in [9.17, 15) is 26.3 Å². The zero-order valence-electron chi connectivity index (χ0n) is 6.29. The number of hydrogen-bond donors (Lipinski definition) is 0. The fourth-order valence-corrected chi connectivity index (χ4v) is 0.514. The molecule has 0 saturated carbocycles. The van der Waals surface area contributed by atoms with Crippen LogP contribution in [0.3, 0.4) is 0 Å². The molecule has 0 rings (SSSR count). The van der Waals surface area contributed by atoms with Gasteiger partial charge in [-0.05, 0) is 11.6 Å². The SMILES string of the molecule is FC(F)(F)/C=C(\Cl)O/C=C/C(F)(F)F. The van der Waals surface area contributed by atoms with Gasteiger partial charge in [-0.15, -0.1) is 0 Å². The van der Waals surface area contributed by atoms with Gasteiger partial charge in [0.05, 0.1) is 18.4 Å². The second-order valence-electron chi connectivity index (χ2n) is 1.95. The lowest BCUT2D eigenvalue weighted by Crippen LogP contribution is -2.03. The summed E-state index contributed by atoms with van der Waals surface area (Å²) in [6.07, 6.45) is -10.2. The van der Waals surface area contributed by atoms with Crippen LogP contribution < -0.4 is 0 Å². The van der Waals surface area contributed by atoms with Crippen molar-refractivity contribution in [2.24, 2.45) is 0 Å². The van der Waals surface area contributed by atoms with E-state index >= 15 is 0 Å². The van der Waals surface area contributed by atoms with Crippen molar-refractivity contribution in [2.75, 3.05) is 0 Å². The molecule has 0 bridgehead atoms. The van der Waals surface area contributed by atoms with Crippen molar-refractivity contribution in [1.29, 1.82) is 0 Å². The zero-order valence-corrected chi connectivity index (χ0v) is 7.04. The van der Waals surface area contributed by atoms with E-state index in [0.717, 1.165) is 0 Å². The molecule has 0 spiro atoms. The summed E-state index contributed by atoms with van der Waals surface area (Å²) in [6, 6.07) is 0. The summed E-state index contributed by atoms with van der Waals surface area (Å²) in [6.45, 7) is 0. The first-order chi connectivity index (χ1) is 6.10. The molecule has 0 atom stereocenters. The van der Waals surface area contributed by atoms with Crippen LogP contribution in [0, 0.1) is 0 Å². The third-order valence-corrected chi connectivity index (χ3v) is 0.913. The molecule has 0 fully saturated rings. The first-order valence-electron chi connectivity index (χ1n) is 2.96. The molecule has 0 aromatic heterocycles. The summed E-state index contributed by atoms with van der Waals surface area (Å²) in [7, 11) is 0. The van der Waals surface area contributed by atoms with Gasteiger partial charge in [0, 0.05) is 0 Å². The van der Waals surface area contributed by atoms with Crippen molar-refractivity contribution >= 4 is 11.6 Å². The maximum absolute atomic E-state index is 11.5. The molecule has 0 aliphatic carbocycles. The Morgan fingerprint density at radius 2 is 1.50 bits per heavy atom. The Kier molecular flexibility index (Phi) is 4.31. The van der Waals surface area contributed by atoms with E-state index in [2.05, 4.69) is 4.74 Å². The lowest BCUT2D eigenvalue weighted by Gasteiger charge is -2.01. The van der Waals surface area contributed by atoms with Crippen LogP contribution in [0.1, 0.15) is 0 Å². The van der Waals surface area contributed by atoms with E-state index < -0.39 is 23.6 Å². The highest BCUT2D eigenvalue weighted by molar-refractivity contribution is 6.28. The molecule has 1 nitrogen and oxygen atoms in total. The first kappa shape index (κ1) is 13.2. The Bertz CT molecular complexity index is 238. The van der Waals surface area contributed by atoms with Crippen LogP contribution in [0.4, 0.5) is 26.3 Å². The topological polar surface area (TPSA) is 9.23 Å². The fourth-order valence-electron chi connectivity index (χ4n) is 0.339. The Balaban J connectivity index is 4.17.